The van der Waals surface area contributed by atoms with Gasteiger partial charge < -0.3 is 5.32 Å². The van der Waals surface area contributed by atoms with Gasteiger partial charge in [0.15, 0.2) is 0 Å². The molecular weight excluding hydrogens is 354 g/mol. The standard InChI is InChI=1S/C15H17BrClN3O/c1-9(16)14-19-12-6-2-5-11(17)13(12)15(21)20(14)10-4-3-7-18-8-10/h2,5-6,9-10,18H,3-4,7-8H2,1H3. The van der Waals surface area contributed by atoms with Crippen LogP contribution in [0.15, 0.2) is 23.0 Å². The minimum Gasteiger partial charge on any atom is -0.315 e. The van der Waals surface area contributed by atoms with E-state index < -0.39 is 0 Å². The quantitative estimate of drug-likeness (QED) is 0.824. The van der Waals surface area contributed by atoms with Crippen LogP contribution in [0.4, 0.5) is 0 Å². The third-order valence-corrected chi connectivity index (χ3v) is 4.62. The van der Waals surface area contributed by atoms with Crippen molar-refractivity contribution in [3.05, 3.63) is 39.4 Å². The molecule has 0 amide bonds. The zero-order valence-electron chi connectivity index (χ0n) is 11.8. The molecule has 1 fully saturated rings. The number of hydrogen-bond donors (Lipinski definition) is 1. The van der Waals surface area contributed by atoms with E-state index in [1.807, 2.05) is 23.6 Å². The molecule has 1 aliphatic rings. The maximum Gasteiger partial charge on any atom is 0.263 e. The molecule has 1 aromatic heterocycles. The Kier molecular flexibility index (Phi) is 4.33. The maximum absolute atomic E-state index is 13.0. The van der Waals surface area contributed by atoms with Gasteiger partial charge in [0.1, 0.15) is 5.82 Å². The van der Waals surface area contributed by atoms with Crippen LogP contribution in [0, 0.1) is 0 Å². The number of alkyl halides is 1. The summed E-state index contributed by atoms with van der Waals surface area (Å²) in [5.41, 5.74) is 0.620. The minimum absolute atomic E-state index is 0.00973. The number of piperidine rings is 1. The van der Waals surface area contributed by atoms with Gasteiger partial charge in [0.25, 0.3) is 5.56 Å². The van der Waals surface area contributed by atoms with Gasteiger partial charge >= 0.3 is 0 Å². The molecule has 3 rings (SSSR count). The highest BCUT2D eigenvalue weighted by atomic mass is 79.9. The first-order valence-electron chi connectivity index (χ1n) is 7.15. The highest BCUT2D eigenvalue weighted by molar-refractivity contribution is 9.09. The number of fused-ring (bicyclic) bond motifs is 1. The number of halogens is 2. The summed E-state index contributed by atoms with van der Waals surface area (Å²) in [5, 5.41) is 4.34. The number of nitrogens with zero attached hydrogens (tertiary/aromatic N) is 2. The predicted octanol–water partition coefficient (Wildman–Crippen LogP) is 3.43. The molecule has 2 atom stereocenters. The lowest BCUT2D eigenvalue weighted by Crippen LogP contribution is -2.38. The molecule has 2 aromatic rings. The molecule has 0 aliphatic carbocycles. The van der Waals surface area contributed by atoms with Crippen molar-refractivity contribution in [1.82, 2.24) is 14.9 Å². The van der Waals surface area contributed by atoms with Crippen molar-refractivity contribution < 1.29 is 0 Å². The van der Waals surface area contributed by atoms with Gasteiger partial charge in [-0.25, -0.2) is 4.98 Å². The van der Waals surface area contributed by atoms with Crippen LogP contribution in [0.25, 0.3) is 10.9 Å². The zero-order valence-corrected chi connectivity index (χ0v) is 14.1. The molecule has 21 heavy (non-hydrogen) atoms. The first kappa shape index (κ1) is 15.0. The summed E-state index contributed by atoms with van der Waals surface area (Å²) in [6, 6.07) is 5.54. The van der Waals surface area contributed by atoms with Gasteiger partial charge in [-0.3, -0.25) is 9.36 Å². The number of aromatic nitrogens is 2. The van der Waals surface area contributed by atoms with E-state index in [1.165, 1.54) is 0 Å². The maximum atomic E-state index is 13.0. The van der Waals surface area contributed by atoms with E-state index in [9.17, 15) is 4.79 Å². The Hall–Kier alpha value is -0.910. The number of benzene rings is 1. The first-order valence-corrected chi connectivity index (χ1v) is 8.44. The molecule has 2 unspecified atom stereocenters. The SMILES string of the molecule is CC(Br)c1nc2cccc(Cl)c2c(=O)n1C1CCCNC1. The largest absolute Gasteiger partial charge is 0.315 e. The molecule has 1 aliphatic heterocycles. The number of nitrogens with one attached hydrogen (secondary N) is 1. The van der Waals surface area contributed by atoms with E-state index >= 15 is 0 Å². The molecule has 1 saturated heterocycles. The average Bonchev–Trinajstić information content (AvgIpc) is 2.47. The fraction of sp³-hybridized carbons (Fsp3) is 0.467. The van der Waals surface area contributed by atoms with Gasteiger partial charge in [0.05, 0.1) is 26.8 Å². The van der Waals surface area contributed by atoms with Crippen molar-refractivity contribution in [2.75, 3.05) is 13.1 Å². The van der Waals surface area contributed by atoms with Gasteiger partial charge in [0, 0.05) is 6.54 Å². The van der Waals surface area contributed by atoms with Gasteiger partial charge in [-0.15, -0.1) is 0 Å². The predicted molar refractivity (Wildman–Crippen MR) is 89.5 cm³/mol. The van der Waals surface area contributed by atoms with Crippen LogP contribution in [-0.4, -0.2) is 22.6 Å². The first-order chi connectivity index (χ1) is 10.1. The second-order valence-electron chi connectivity index (χ2n) is 5.40. The van der Waals surface area contributed by atoms with Crippen molar-refractivity contribution in [1.29, 1.82) is 0 Å². The van der Waals surface area contributed by atoms with Crippen LogP contribution < -0.4 is 10.9 Å². The van der Waals surface area contributed by atoms with Crippen molar-refractivity contribution in [3.63, 3.8) is 0 Å². The monoisotopic (exact) mass is 369 g/mol. The summed E-state index contributed by atoms with van der Waals surface area (Å²) in [6.45, 7) is 3.79. The highest BCUT2D eigenvalue weighted by Crippen LogP contribution is 2.27. The third kappa shape index (κ3) is 2.74. The molecule has 1 N–H and O–H groups in total. The van der Waals surface area contributed by atoms with E-state index in [1.54, 1.807) is 6.07 Å². The van der Waals surface area contributed by atoms with Gasteiger partial charge in [0.2, 0.25) is 0 Å². The van der Waals surface area contributed by atoms with E-state index in [0.717, 1.165) is 31.8 Å². The average molecular weight is 371 g/mol. The normalized spacial score (nSPS) is 20.6. The van der Waals surface area contributed by atoms with Crippen LogP contribution in [-0.2, 0) is 0 Å². The lowest BCUT2D eigenvalue weighted by molar-refractivity contribution is 0.354. The third-order valence-electron chi connectivity index (χ3n) is 3.90. The van der Waals surface area contributed by atoms with Crippen LogP contribution in [0.2, 0.25) is 5.02 Å². The molecule has 0 radical (unpaired) electrons. The number of hydrogen-bond acceptors (Lipinski definition) is 3. The van der Waals surface area contributed by atoms with Crippen molar-refractivity contribution in [2.24, 2.45) is 0 Å². The van der Waals surface area contributed by atoms with Crippen molar-refractivity contribution in [2.45, 2.75) is 30.6 Å². The molecule has 2 heterocycles. The number of rotatable bonds is 2. The van der Waals surface area contributed by atoms with Crippen LogP contribution >= 0.6 is 27.5 Å². The van der Waals surface area contributed by atoms with Crippen molar-refractivity contribution in [3.8, 4) is 0 Å². The van der Waals surface area contributed by atoms with Gasteiger partial charge in [-0.05, 0) is 38.4 Å². The van der Waals surface area contributed by atoms with Gasteiger partial charge in [-0.2, -0.15) is 0 Å². The Bertz CT molecular complexity index is 723. The summed E-state index contributed by atoms with van der Waals surface area (Å²) in [7, 11) is 0. The molecular formula is C15H17BrClN3O. The Morgan fingerprint density at radius 3 is 3.00 bits per heavy atom. The van der Waals surface area contributed by atoms with Gasteiger partial charge in [-0.1, -0.05) is 33.6 Å². The van der Waals surface area contributed by atoms with Crippen LogP contribution in [0.5, 0.6) is 0 Å². The van der Waals surface area contributed by atoms with E-state index in [-0.39, 0.29) is 16.4 Å². The molecule has 0 bridgehead atoms. The summed E-state index contributed by atoms with van der Waals surface area (Å²) >= 11 is 9.79. The summed E-state index contributed by atoms with van der Waals surface area (Å²) < 4.78 is 1.82. The van der Waals surface area contributed by atoms with Crippen LogP contribution in [0.3, 0.4) is 0 Å². The fourth-order valence-electron chi connectivity index (χ4n) is 2.91. The summed E-state index contributed by atoms with van der Waals surface area (Å²) in [6.07, 6.45) is 2.05. The minimum atomic E-state index is -0.0411. The second kappa shape index (κ2) is 6.07. The summed E-state index contributed by atoms with van der Waals surface area (Å²) in [4.78, 5) is 17.6. The van der Waals surface area contributed by atoms with Crippen LogP contribution in [0.1, 0.15) is 36.5 Å². The fourth-order valence-corrected chi connectivity index (χ4v) is 3.48. The molecule has 4 nitrogen and oxygen atoms in total. The topological polar surface area (TPSA) is 46.9 Å². The second-order valence-corrected chi connectivity index (χ2v) is 7.18. The van der Waals surface area contributed by atoms with Crippen molar-refractivity contribution >= 4 is 38.4 Å². The molecule has 0 saturated carbocycles. The molecule has 6 heteroatoms. The lowest BCUT2D eigenvalue weighted by Gasteiger charge is -2.28. The van der Waals surface area contributed by atoms with E-state index in [4.69, 9.17) is 11.6 Å². The zero-order chi connectivity index (χ0) is 15.0. The lowest BCUT2D eigenvalue weighted by atomic mass is 10.1. The van der Waals surface area contributed by atoms with E-state index in [2.05, 4.69) is 26.2 Å². The summed E-state index contributed by atoms with van der Waals surface area (Å²) in [5.74, 6) is 0.767. The Labute approximate surface area is 136 Å². The Morgan fingerprint density at radius 1 is 1.52 bits per heavy atom. The molecule has 0 spiro atoms. The van der Waals surface area contributed by atoms with E-state index in [0.29, 0.717) is 15.9 Å². The Balaban J connectivity index is 2.29. The highest BCUT2D eigenvalue weighted by Gasteiger charge is 2.23. The smallest absolute Gasteiger partial charge is 0.263 e. The molecule has 112 valence electrons. The molecule has 1 aromatic carbocycles. The Morgan fingerprint density at radius 2 is 2.33 bits per heavy atom.